The first-order valence-electron chi connectivity index (χ1n) is 17.2. The Morgan fingerprint density at radius 2 is 0.833 bits per heavy atom. The molecule has 0 saturated heterocycles. The molecule has 0 fully saturated rings. The molecule has 0 saturated carbocycles. The first-order chi connectivity index (χ1) is 23.0. The van der Waals surface area contributed by atoms with E-state index in [0.29, 0.717) is 23.6 Å². The Morgan fingerprint density at radius 3 is 1.12 bits per heavy atom. The van der Waals surface area contributed by atoms with E-state index in [1.54, 1.807) is 28.2 Å². The quantitative estimate of drug-likeness (QED) is 0.104. The highest BCUT2D eigenvalue weighted by molar-refractivity contribution is 9.09. The Morgan fingerprint density at radius 1 is 0.542 bits per heavy atom. The topological polar surface area (TPSA) is 65.6 Å². The summed E-state index contributed by atoms with van der Waals surface area (Å²) in [5.41, 5.74) is 2.09. The number of carbonyl (C=O) groups is 2. The van der Waals surface area contributed by atoms with Crippen molar-refractivity contribution in [1.29, 1.82) is 0 Å². The molecule has 10 heteroatoms. The van der Waals surface area contributed by atoms with E-state index in [0.717, 1.165) is 37.3 Å². The van der Waals surface area contributed by atoms with Crippen LogP contribution in [0.1, 0.15) is 90.2 Å². The van der Waals surface area contributed by atoms with Gasteiger partial charge in [0.15, 0.2) is 0 Å². The zero-order valence-corrected chi connectivity index (χ0v) is 34.6. The molecular formula is C38H64Br2N4O4. The molecule has 2 aromatic carbocycles. The van der Waals surface area contributed by atoms with Gasteiger partial charge < -0.3 is 19.3 Å². The number of para-hydroxylation sites is 2. The zero-order valence-electron chi connectivity index (χ0n) is 31.4. The molecule has 274 valence electrons. The highest BCUT2D eigenvalue weighted by Crippen LogP contribution is 2.23. The minimum Gasteiger partial charge on any atom is -0.410 e. The maximum atomic E-state index is 12.1. The lowest BCUT2D eigenvalue weighted by atomic mass is 10.1. The number of nitrogens with zero attached hydrogens (tertiary/aromatic N) is 4. The Hall–Kier alpha value is -2.14. The zero-order chi connectivity index (χ0) is 36.5. The van der Waals surface area contributed by atoms with Crippen LogP contribution in [-0.2, 0) is 13.1 Å². The van der Waals surface area contributed by atoms with Crippen LogP contribution in [0.15, 0.2) is 48.5 Å². The molecule has 0 aliphatic rings. The van der Waals surface area contributed by atoms with E-state index in [1.807, 2.05) is 48.1 Å². The lowest BCUT2D eigenvalue weighted by molar-refractivity contribution is 0.168. The van der Waals surface area contributed by atoms with E-state index in [2.05, 4.69) is 81.5 Å². The Bertz CT molecular complexity index is 1040. The number of benzene rings is 2. The van der Waals surface area contributed by atoms with Crippen molar-refractivity contribution >= 4 is 44.0 Å². The maximum absolute atomic E-state index is 12.1. The SMILES string of the molecule is CBr.CBr.CC(C)N(CCCCCCCCCCN(Cc1ccccc1OC(=O)N(C)C)C(C)C)Cc1ccccc1OC(=O)N(C)C. The number of hydrogen-bond acceptors (Lipinski definition) is 6. The van der Waals surface area contributed by atoms with E-state index in [9.17, 15) is 9.59 Å². The number of amides is 2. The first-order valence-corrected chi connectivity index (χ1v) is 20.3. The van der Waals surface area contributed by atoms with Gasteiger partial charge in [0.2, 0.25) is 0 Å². The Kier molecular flexibility index (Phi) is 26.4. The molecule has 2 amide bonds. The monoisotopic (exact) mass is 798 g/mol. The minimum absolute atomic E-state index is 0.350. The van der Waals surface area contributed by atoms with Crippen molar-refractivity contribution < 1.29 is 19.1 Å². The van der Waals surface area contributed by atoms with Crippen molar-refractivity contribution in [2.45, 2.75) is 104 Å². The van der Waals surface area contributed by atoms with Gasteiger partial charge in [0.1, 0.15) is 11.5 Å². The second kappa shape index (κ2) is 27.7. The molecular weight excluding hydrogens is 736 g/mol. The number of ether oxygens (including phenoxy) is 2. The number of hydrogen-bond donors (Lipinski definition) is 0. The smallest absolute Gasteiger partial charge is 0.410 e. The molecule has 0 heterocycles. The third kappa shape index (κ3) is 19.2. The summed E-state index contributed by atoms with van der Waals surface area (Å²) >= 11 is 5.88. The summed E-state index contributed by atoms with van der Waals surface area (Å²) in [7, 11) is 6.79. The van der Waals surface area contributed by atoms with E-state index >= 15 is 0 Å². The molecule has 0 aromatic heterocycles. The van der Waals surface area contributed by atoms with Gasteiger partial charge in [-0.05, 0) is 77.4 Å². The molecule has 0 unspecified atom stereocenters. The van der Waals surface area contributed by atoms with E-state index < -0.39 is 0 Å². The Balaban J connectivity index is 0.00000531. The van der Waals surface area contributed by atoms with E-state index in [1.165, 1.54) is 61.2 Å². The summed E-state index contributed by atoms with van der Waals surface area (Å²) in [6.07, 6.45) is 9.21. The minimum atomic E-state index is -0.350. The molecule has 48 heavy (non-hydrogen) atoms. The van der Waals surface area contributed by atoms with Crippen molar-refractivity contribution in [2.75, 3.05) is 52.9 Å². The Labute approximate surface area is 309 Å². The predicted molar refractivity (Wildman–Crippen MR) is 210 cm³/mol. The van der Waals surface area contributed by atoms with Crippen LogP contribution in [0.3, 0.4) is 0 Å². The predicted octanol–water partition coefficient (Wildman–Crippen LogP) is 10.1. The summed E-state index contributed by atoms with van der Waals surface area (Å²) < 4.78 is 11.2. The normalized spacial score (nSPS) is 10.8. The van der Waals surface area contributed by atoms with Gasteiger partial charge in [-0.15, -0.1) is 0 Å². The molecule has 0 spiro atoms. The van der Waals surface area contributed by atoms with Gasteiger partial charge in [-0.3, -0.25) is 9.80 Å². The van der Waals surface area contributed by atoms with E-state index in [-0.39, 0.29) is 12.2 Å². The molecule has 0 bridgehead atoms. The molecule has 0 atom stereocenters. The van der Waals surface area contributed by atoms with Crippen LogP contribution < -0.4 is 9.47 Å². The van der Waals surface area contributed by atoms with E-state index in [4.69, 9.17) is 9.47 Å². The van der Waals surface area contributed by atoms with Crippen LogP contribution in [0.4, 0.5) is 9.59 Å². The van der Waals surface area contributed by atoms with Gasteiger partial charge in [-0.25, -0.2) is 9.59 Å². The van der Waals surface area contributed by atoms with Crippen LogP contribution in [0.5, 0.6) is 11.5 Å². The van der Waals surface area contributed by atoms with Gasteiger partial charge in [0, 0.05) is 64.5 Å². The molecule has 2 aromatic rings. The van der Waals surface area contributed by atoms with Gasteiger partial charge >= 0.3 is 12.2 Å². The van der Waals surface area contributed by atoms with Crippen LogP contribution in [0.2, 0.25) is 0 Å². The number of carbonyl (C=O) groups excluding carboxylic acids is 2. The number of halogens is 2. The lowest BCUT2D eigenvalue weighted by Crippen LogP contribution is -2.32. The summed E-state index contributed by atoms with van der Waals surface area (Å²) in [5, 5.41) is 0. The highest BCUT2D eigenvalue weighted by atomic mass is 79.9. The number of unbranched alkanes of at least 4 members (excludes halogenated alkanes) is 7. The summed E-state index contributed by atoms with van der Waals surface area (Å²) in [6, 6.07) is 16.5. The fraction of sp³-hybridized carbons (Fsp3) is 0.632. The molecule has 0 aliphatic carbocycles. The summed E-state index contributed by atoms with van der Waals surface area (Å²) in [5.74, 6) is 4.91. The maximum Gasteiger partial charge on any atom is 0.414 e. The van der Waals surface area contributed by atoms with Gasteiger partial charge in [0.25, 0.3) is 0 Å². The number of alkyl halides is 2. The van der Waals surface area contributed by atoms with Crippen LogP contribution in [0, 0.1) is 0 Å². The standard InChI is InChI=1S/C36H58N4O4.2CH3Br/c1-29(2)39(27-31-21-15-17-23-33(31)43-35(41)37(5)6)25-19-13-11-9-10-12-14-20-26-40(30(3)4)28-32-22-16-18-24-34(32)44-36(42)38(7)8;2*1-2/h15-18,21-24,29-30H,9-14,19-20,25-28H2,1-8H3;2*1H3. The number of rotatable bonds is 19. The van der Waals surface area contributed by atoms with Crippen molar-refractivity contribution in [3.63, 3.8) is 0 Å². The lowest BCUT2D eigenvalue weighted by Gasteiger charge is -2.27. The molecule has 0 aliphatic heterocycles. The summed E-state index contributed by atoms with van der Waals surface area (Å²) in [6.45, 7) is 12.5. The van der Waals surface area contributed by atoms with Crippen molar-refractivity contribution in [3.8, 4) is 11.5 Å². The molecule has 2 rings (SSSR count). The van der Waals surface area contributed by atoms with Gasteiger partial charge in [0.05, 0.1) is 0 Å². The van der Waals surface area contributed by atoms with Crippen LogP contribution >= 0.6 is 31.9 Å². The van der Waals surface area contributed by atoms with Gasteiger partial charge in [-0.2, -0.15) is 0 Å². The van der Waals surface area contributed by atoms with Crippen LogP contribution in [0.25, 0.3) is 0 Å². The van der Waals surface area contributed by atoms with Gasteiger partial charge in [-0.1, -0.05) is 107 Å². The molecule has 0 N–H and O–H groups in total. The van der Waals surface area contributed by atoms with Crippen molar-refractivity contribution in [3.05, 3.63) is 59.7 Å². The second-order valence-corrected chi connectivity index (χ2v) is 12.7. The largest absolute Gasteiger partial charge is 0.414 e. The summed E-state index contributed by atoms with van der Waals surface area (Å²) in [4.78, 5) is 32.0. The average Bonchev–Trinajstić information content (AvgIpc) is 3.07. The highest BCUT2D eigenvalue weighted by Gasteiger charge is 2.17. The van der Waals surface area contributed by atoms with Crippen molar-refractivity contribution in [1.82, 2.24) is 19.6 Å². The fourth-order valence-corrected chi connectivity index (χ4v) is 5.01. The third-order valence-electron chi connectivity index (χ3n) is 7.92. The third-order valence-corrected chi connectivity index (χ3v) is 7.92. The van der Waals surface area contributed by atoms with Crippen molar-refractivity contribution in [2.24, 2.45) is 0 Å². The second-order valence-electron chi connectivity index (χ2n) is 12.7. The molecule has 0 radical (unpaired) electrons. The van der Waals surface area contributed by atoms with Crippen LogP contribution in [-0.4, -0.2) is 96.8 Å². The average molecular weight is 801 g/mol. The molecule has 8 nitrogen and oxygen atoms in total. The first kappa shape index (κ1) is 45.9. The fourth-order valence-electron chi connectivity index (χ4n) is 5.01.